The molecule has 0 aliphatic heterocycles. The molecule has 0 aromatic rings. The maximum Gasteiger partial charge on any atom is 0.189 e. The zero-order valence-corrected chi connectivity index (χ0v) is 11.7. The molecular weight excluding hydrogens is 240 g/mol. The number of rotatable bonds is 7. The van der Waals surface area contributed by atoms with E-state index in [4.69, 9.17) is 5.11 Å². The molecule has 0 atom stereocenters. The van der Waals surface area contributed by atoms with E-state index in [-0.39, 0.29) is 23.6 Å². The Bertz CT molecular complexity index is 439. The number of hydrogen-bond acceptors (Lipinski definition) is 3. The second kappa shape index (κ2) is 6.62. The zero-order chi connectivity index (χ0) is 14.5. The van der Waals surface area contributed by atoms with Gasteiger partial charge in [-0.15, -0.1) is 0 Å². The Morgan fingerprint density at radius 2 is 1.95 bits per heavy atom. The SMILES string of the molecule is C=CC1=CC(=O)C=C(CCCCC(C)(C)CO)C1=O. The molecule has 0 saturated carbocycles. The summed E-state index contributed by atoms with van der Waals surface area (Å²) >= 11 is 0. The summed E-state index contributed by atoms with van der Waals surface area (Å²) in [7, 11) is 0. The molecule has 0 saturated heterocycles. The number of ketones is 2. The molecule has 104 valence electrons. The number of allylic oxidation sites excluding steroid dienone is 5. The highest BCUT2D eigenvalue weighted by atomic mass is 16.3. The monoisotopic (exact) mass is 262 g/mol. The van der Waals surface area contributed by atoms with Crippen LogP contribution in [0.3, 0.4) is 0 Å². The summed E-state index contributed by atoms with van der Waals surface area (Å²) in [4.78, 5) is 23.4. The van der Waals surface area contributed by atoms with Gasteiger partial charge in [0.1, 0.15) is 0 Å². The smallest absolute Gasteiger partial charge is 0.189 e. The van der Waals surface area contributed by atoms with Gasteiger partial charge in [-0.3, -0.25) is 9.59 Å². The van der Waals surface area contributed by atoms with Crippen LogP contribution in [0, 0.1) is 5.41 Å². The van der Waals surface area contributed by atoms with Crippen molar-refractivity contribution >= 4 is 11.6 Å². The maximum absolute atomic E-state index is 11.9. The summed E-state index contributed by atoms with van der Waals surface area (Å²) in [6.45, 7) is 7.74. The summed E-state index contributed by atoms with van der Waals surface area (Å²) in [5.74, 6) is -0.226. The molecular formula is C16H22O3. The van der Waals surface area contributed by atoms with Crippen molar-refractivity contribution in [3.63, 3.8) is 0 Å². The fraction of sp³-hybridized carbons (Fsp3) is 0.500. The van der Waals surface area contributed by atoms with Crippen LogP contribution in [0.2, 0.25) is 0 Å². The summed E-state index contributed by atoms with van der Waals surface area (Å²) < 4.78 is 0. The standard InChI is InChI=1S/C16H22O3/c1-4-12-9-14(18)10-13(15(12)19)7-5-6-8-16(2,3)11-17/h4,9-10,17H,1,5-8,11H2,2-3H3. The Kier molecular flexibility index (Phi) is 5.43. The van der Waals surface area contributed by atoms with E-state index < -0.39 is 0 Å². The Morgan fingerprint density at radius 1 is 1.26 bits per heavy atom. The van der Waals surface area contributed by atoms with Crippen LogP contribution in [0.5, 0.6) is 0 Å². The van der Waals surface area contributed by atoms with Gasteiger partial charge in [0.25, 0.3) is 0 Å². The number of Topliss-reactive ketones (excluding diaryl/α,β-unsaturated/α-hetero) is 1. The molecule has 0 bridgehead atoms. The minimum Gasteiger partial charge on any atom is -0.396 e. The van der Waals surface area contributed by atoms with Gasteiger partial charge in [-0.05, 0) is 36.8 Å². The summed E-state index contributed by atoms with van der Waals surface area (Å²) in [5, 5.41) is 9.16. The van der Waals surface area contributed by atoms with Crippen molar-refractivity contribution in [3.8, 4) is 0 Å². The molecule has 0 radical (unpaired) electrons. The van der Waals surface area contributed by atoms with E-state index in [1.54, 1.807) is 0 Å². The van der Waals surface area contributed by atoms with E-state index >= 15 is 0 Å². The Balaban J connectivity index is 2.48. The van der Waals surface area contributed by atoms with Crippen LogP contribution in [0.15, 0.2) is 36.0 Å². The Labute approximate surface area is 114 Å². The minimum absolute atomic E-state index is 0.0764. The second-order valence-electron chi connectivity index (χ2n) is 5.73. The van der Waals surface area contributed by atoms with Gasteiger partial charge in [0, 0.05) is 17.8 Å². The second-order valence-corrected chi connectivity index (χ2v) is 5.73. The highest BCUT2D eigenvalue weighted by molar-refractivity contribution is 6.21. The lowest BCUT2D eigenvalue weighted by Gasteiger charge is -2.21. The maximum atomic E-state index is 11.9. The molecule has 3 nitrogen and oxygen atoms in total. The van der Waals surface area contributed by atoms with Crippen molar-refractivity contribution in [1.29, 1.82) is 0 Å². The largest absolute Gasteiger partial charge is 0.396 e. The van der Waals surface area contributed by atoms with Crippen molar-refractivity contribution in [2.75, 3.05) is 6.61 Å². The van der Waals surface area contributed by atoms with Crippen LogP contribution in [0.25, 0.3) is 0 Å². The third kappa shape index (κ3) is 4.60. The highest BCUT2D eigenvalue weighted by Gasteiger charge is 2.20. The third-order valence-electron chi connectivity index (χ3n) is 3.37. The van der Waals surface area contributed by atoms with Crippen LogP contribution >= 0.6 is 0 Å². The van der Waals surface area contributed by atoms with Gasteiger partial charge < -0.3 is 5.11 Å². The number of aliphatic hydroxyl groups is 1. The molecule has 0 spiro atoms. The van der Waals surface area contributed by atoms with Crippen molar-refractivity contribution in [1.82, 2.24) is 0 Å². The first kappa shape index (κ1) is 15.6. The molecule has 1 aliphatic carbocycles. The number of carbonyl (C=O) groups is 2. The normalized spacial score (nSPS) is 16.2. The van der Waals surface area contributed by atoms with Crippen LogP contribution < -0.4 is 0 Å². The zero-order valence-electron chi connectivity index (χ0n) is 11.7. The topological polar surface area (TPSA) is 54.4 Å². The molecule has 1 aliphatic rings. The van der Waals surface area contributed by atoms with Crippen molar-refractivity contribution in [2.24, 2.45) is 5.41 Å². The first-order valence-corrected chi connectivity index (χ1v) is 6.64. The molecule has 0 amide bonds. The van der Waals surface area contributed by atoms with Crippen LogP contribution in [0.4, 0.5) is 0 Å². The first-order chi connectivity index (χ1) is 8.89. The summed E-state index contributed by atoms with van der Waals surface area (Å²) in [6.07, 6.45) is 7.47. The van der Waals surface area contributed by atoms with Gasteiger partial charge in [0.2, 0.25) is 0 Å². The molecule has 0 heterocycles. The average molecular weight is 262 g/mol. The van der Waals surface area contributed by atoms with Crippen molar-refractivity contribution < 1.29 is 14.7 Å². The van der Waals surface area contributed by atoms with Gasteiger partial charge in [0.05, 0.1) is 0 Å². The van der Waals surface area contributed by atoms with Gasteiger partial charge in [-0.25, -0.2) is 0 Å². The van der Waals surface area contributed by atoms with Crippen molar-refractivity contribution in [3.05, 3.63) is 36.0 Å². The molecule has 0 aromatic carbocycles. The van der Waals surface area contributed by atoms with Gasteiger partial charge in [0.15, 0.2) is 11.6 Å². The van der Waals surface area contributed by atoms with E-state index in [1.807, 2.05) is 13.8 Å². The van der Waals surface area contributed by atoms with Crippen LogP contribution in [-0.2, 0) is 9.59 Å². The first-order valence-electron chi connectivity index (χ1n) is 6.64. The fourth-order valence-electron chi connectivity index (χ4n) is 2.02. The van der Waals surface area contributed by atoms with E-state index in [9.17, 15) is 9.59 Å². The Hall–Kier alpha value is -1.48. The lowest BCUT2D eigenvalue weighted by Crippen LogP contribution is -2.16. The highest BCUT2D eigenvalue weighted by Crippen LogP contribution is 2.25. The number of aliphatic hydroxyl groups excluding tert-OH is 1. The number of unbranched alkanes of at least 4 members (excludes halogenated alkanes) is 1. The molecule has 0 unspecified atom stereocenters. The predicted molar refractivity (Wildman–Crippen MR) is 75.7 cm³/mol. The molecule has 1 N–H and O–H groups in total. The Morgan fingerprint density at radius 3 is 2.53 bits per heavy atom. The molecule has 3 heteroatoms. The lowest BCUT2D eigenvalue weighted by atomic mass is 9.86. The molecule has 1 rings (SSSR count). The molecule has 0 aromatic heterocycles. The van der Waals surface area contributed by atoms with E-state index in [0.717, 1.165) is 19.3 Å². The van der Waals surface area contributed by atoms with E-state index in [1.165, 1.54) is 18.2 Å². The quantitative estimate of drug-likeness (QED) is 0.567. The molecule has 0 fully saturated rings. The van der Waals surface area contributed by atoms with Gasteiger partial charge >= 0.3 is 0 Å². The lowest BCUT2D eigenvalue weighted by molar-refractivity contribution is -0.115. The van der Waals surface area contributed by atoms with E-state index in [2.05, 4.69) is 6.58 Å². The number of hydrogen-bond donors (Lipinski definition) is 1. The van der Waals surface area contributed by atoms with Gasteiger partial charge in [-0.1, -0.05) is 32.9 Å². The van der Waals surface area contributed by atoms with Crippen LogP contribution in [0.1, 0.15) is 39.5 Å². The van der Waals surface area contributed by atoms with Gasteiger partial charge in [-0.2, -0.15) is 0 Å². The van der Waals surface area contributed by atoms with E-state index in [0.29, 0.717) is 17.6 Å². The minimum atomic E-state index is -0.139. The van der Waals surface area contributed by atoms with Crippen molar-refractivity contribution in [2.45, 2.75) is 39.5 Å². The predicted octanol–water partition coefficient (Wildman–Crippen LogP) is 2.76. The number of carbonyl (C=O) groups excluding carboxylic acids is 2. The fourth-order valence-corrected chi connectivity index (χ4v) is 2.02. The molecule has 19 heavy (non-hydrogen) atoms. The summed E-state index contributed by atoms with van der Waals surface area (Å²) in [5.41, 5.74) is 0.884. The average Bonchev–Trinajstić information content (AvgIpc) is 2.38. The van der Waals surface area contributed by atoms with Crippen LogP contribution in [-0.4, -0.2) is 23.3 Å². The summed E-state index contributed by atoms with van der Waals surface area (Å²) in [6, 6.07) is 0. The third-order valence-corrected chi connectivity index (χ3v) is 3.37.